The average Bonchev–Trinajstić information content (AvgIpc) is 3.22. The monoisotopic (exact) mass is 306 g/mol. The van der Waals surface area contributed by atoms with Gasteiger partial charge in [-0.1, -0.05) is 36.4 Å². The Hall–Kier alpha value is -2.33. The molecular formula is C19H22N4. The van der Waals surface area contributed by atoms with Crippen LogP contribution in [0.4, 0.5) is 5.69 Å². The summed E-state index contributed by atoms with van der Waals surface area (Å²) in [4.78, 5) is 7.38. The van der Waals surface area contributed by atoms with Crippen molar-refractivity contribution in [1.29, 1.82) is 0 Å². The SMILES string of the molecule is Nc1cccc2c1nc(-c1ccccc1)n2CCN1CCCC1. The molecule has 0 bridgehead atoms. The van der Waals surface area contributed by atoms with Crippen LogP contribution in [0.25, 0.3) is 22.4 Å². The molecule has 0 saturated carbocycles. The summed E-state index contributed by atoms with van der Waals surface area (Å²) in [5.74, 6) is 1.01. The normalized spacial score (nSPS) is 15.5. The van der Waals surface area contributed by atoms with Crippen LogP contribution in [0.2, 0.25) is 0 Å². The molecule has 0 radical (unpaired) electrons. The number of rotatable bonds is 4. The van der Waals surface area contributed by atoms with Crippen LogP contribution in [0.5, 0.6) is 0 Å². The van der Waals surface area contributed by atoms with E-state index >= 15 is 0 Å². The zero-order valence-electron chi connectivity index (χ0n) is 13.3. The van der Waals surface area contributed by atoms with Crippen LogP contribution in [0, 0.1) is 0 Å². The maximum Gasteiger partial charge on any atom is 0.141 e. The van der Waals surface area contributed by atoms with E-state index in [-0.39, 0.29) is 0 Å². The summed E-state index contributed by atoms with van der Waals surface area (Å²) in [5.41, 5.74) is 10.1. The molecule has 2 N–H and O–H groups in total. The van der Waals surface area contributed by atoms with Crippen molar-refractivity contribution in [2.75, 3.05) is 25.4 Å². The quantitative estimate of drug-likeness (QED) is 0.752. The van der Waals surface area contributed by atoms with Gasteiger partial charge in [0.2, 0.25) is 0 Å². The molecule has 23 heavy (non-hydrogen) atoms. The Labute approximate surface area is 136 Å². The zero-order valence-corrected chi connectivity index (χ0v) is 13.3. The van der Waals surface area contributed by atoms with Crippen LogP contribution in [-0.4, -0.2) is 34.1 Å². The molecule has 1 fully saturated rings. The minimum atomic E-state index is 0.750. The highest BCUT2D eigenvalue weighted by Crippen LogP contribution is 2.28. The molecule has 2 heterocycles. The van der Waals surface area contributed by atoms with Gasteiger partial charge >= 0.3 is 0 Å². The largest absolute Gasteiger partial charge is 0.397 e. The van der Waals surface area contributed by atoms with Crippen LogP contribution in [0.1, 0.15) is 12.8 Å². The van der Waals surface area contributed by atoms with Gasteiger partial charge in [-0.2, -0.15) is 0 Å². The number of hydrogen-bond acceptors (Lipinski definition) is 3. The molecule has 1 aliphatic heterocycles. The standard InChI is InChI=1S/C19H22N4/c20-16-9-6-10-17-18(16)21-19(15-7-2-1-3-8-15)23(17)14-13-22-11-4-5-12-22/h1-3,6-10H,4-5,11-14,20H2. The Morgan fingerprint density at radius 2 is 1.70 bits per heavy atom. The molecule has 0 unspecified atom stereocenters. The minimum absolute atomic E-state index is 0.750. The van der Waals surface area contributed by atoms with Crippen molar-refractivity contribution in [3.63, 3.8) is 0 Å². The third-order valence-corrected chi connectivity index (χ3v) is 4.68. The molecule has 3 aromatic rings. The number of anilines is 1. The Kier molecular flexibility index (Phi) is 3.75. The van der Waals surface area contributed by atoms with E-state index in [0.29, 0.717) is 0 Å². The number of imidazole rings is 1. The highest BCUT2D eigenvalue weighted by atomic mass is 15.2. The predicted molar refractivity (Wildman–Crippen MR) is 95.3 cm³/mol. The second-order valence-electron chi connectivity index (χ2n) is 6.22. The summed E-state index contributed by atoms with van der Waals surface area (Å²) in [5, 5.41) is 0. The molecule has 0 atom stereocenters. The van der Waals surface area contributed by atoms with E-state index in [0.717, 1.165) is 41.2 Å². The van der Waals surface area contributed by atoms with Crippen molar-refractivity contribution in [1.82, 2.24) is 14.5 Å². The first kappa shape index (κ1) is 14.3. The molecule has 4 rings (SSSR count). The maximum absolute atomic E-state index is 6.15. The molecule has 4 nitrogen and oxygen atoms in total. The molecule has 0 aliphatic carbocycles. The van der Waals surface area contributed by atoms with Crippen molar-refractivity contribution in [2.45, 2.75) is 19.4 Å². The summed E-state index contributed by atoms with van der Waals surface area (Å²) in [6.07, 6.45) is 2.65. The molecule has 2 aromatic carbocycles. The van der Waals surface area contributed by atoms with Crippen molar-refractivity contribution in [2.24, 2.45) is 0 Å². The lowest BCUT2D eigenvalue weighted by atomic mass is 10.2. The van der Waals surface area contributed by atoms with Crippen molar-refractivity contribution < 1.29 is 0 Å². The number of aromatic nitrogens is 2. The number of para-hydroxylation sites is 1. The minimum Gasteiger partial charge on any atom is -0.397 e. The number of fused-ring (bicyclic) bond motifs is 1. The Morgan fingerprint density at radius 3 is 2.48 bits per heavy atom. The Balaban J connectivity index is 1.77. The van der Waals surface area contributed by atoms with Crippen LogP contribution in [0.3, 0.4) is 0 Å². The van der Waals surface area contributed by atoms with Gasteiger partial charge in [-0.3, -0.25) is 0 Å². The molecule has 118 valence electrons. The number of hydrogen-bond donors (Lipinski definition) is 1. The number of nitrogens with zero attached hydrogens (tertiary/aromatic N) is 3. The third kappa shape index (κ3) is 2.70. The summed E-state index contributed by atoms with van der Waals surface area (Å²) in [7, 11) is 0. The van der Waals surface area contributed by atoms with Crippen molar-refractivity contribution in [3.05, 3.63) is 48.5 Å². The molecule has 1 aliphatic rings. The van der Waals surface area contributed by atoms with E-state index in [4.69, 9.17) is 10.7 Å². The van der Waals surface area contributed by atoms with Crippen molar-refractivity contribution >= 4 is 16.7 Å². The Bertz CT molecular complexity index is 801. The smallest absolute Gasteiger partial charge is 0.141 e. The van der Waals surface area contributed by atoms with Gasteiger partial charge in [-0.15, -0.1) is 0 Å². The molecule has 0 spiro atoms. The molecule has 1 saturated heterocycles. The third-order valence-electron chi connectivity index (χ3n) is 4.68. The fourth-order valence-corrected chi connectivity index (χ4v) is 3.45. The van der Waals surface area contributed by atoms with Gasteiger partial charge in [0, 0.05) is 18.7 Å². The highest BCUT2D eigenvalue weighted by molar-refractivity contribution is 5.90. The maximum atomic E-state index is 6.15. The van der Waals surface area contributed by atoms with Gasteiger partial charge in [0.15, 0.2) is 0 Å². The topological polar surface area (TPSA) is 47.1 Å². The number of nitrogen functional groups attached to an aromatic ring is 1. The van der Waals surface area contributed by atoms with E-state index in [1.165, 1.54) is 25.9 Å². The summed E-state index contributed by atoms with van der Waals surface area (Å²) in [6, 6.07) is 16.4. The van der Waals surface area contributed by atoms with Crippen LogP contribution >= 0.6 is 0 Å². The van der Waals surface area contributed by atoms with E-state index in [2.05, 4.69) is 39.8 Å². The summed E-state index contributed by atoms with van der Waals surface area (Å²) in [6.45, 7) is 4.45. The first-order valence-corrected chi connectivity index (χ1v) is 8.35. The lowest BCUT2D eigenvalue weighted by molar-refractivity contribution is 0.325. The van der Waals surface area contributed by atoms with E-state index in [1.807, 2.05) is 18.2 Å². The Morgan fingerprint density at radius 1 is 0.913 bits per heavy atom. The fourth-order valence-electron chi connectivity index (χ4n) is 3.45. The van der Waals surface area contributed by atoms with Gasteiger partial charge in [-0.05, 0) is 38.1 Å². The van der Waals surface area contributed by atoms with Crippen LogP contribution < -0.4 is 5.73 Å². The number of likely N-dealkylation sites (tertiary alicyclic amines) is 1. The summed E-state index contributed by atoms with van der Waals surface area (Å²) >= 11 is 0. The van der Waals surface area contributed by atoms with Crippen LogP contribution in [0.15, 0.2) is 48.5 Å². The first-order valence-electron chi connectivity index (χ1n) is 8.35. The second-order valence-corrected chi connectivity index (χ2v) is 6.22. The number of benzene rings is 2. The molecule has 4 heteroatoms. The van der Waals surface area contributed by atoms with E-state index < -0.39 is 0 Å². The first-order chi connectivity index (χ1) is 11.3. The van der Waals surface area contributed by atoms with Gasteiger partial charge in [0.1, 0.15) is 11.3 Å². The lowest BCUT2D eigenvalue weighted by Crippen LogP contribution is -2.24. The van der Waals surface area contributed by atoms with Gasteiger partial charge in [-0.25, -0.2) is 4.98 Å². The second kappa shape index (κ2) is 6.05. The van der Waals surface area contributed by atoms with Gasteiger partial charge < -0.3 is 15.2 Å². The molecule has 0 amide bonds. The van der Waals surface area contributed by atoms with E-state index in [1.54, 1.807) is 0 Å². The number of nitrogens with two attached hydrogens (primary N) is 1. The molecular weight excluding hydrogens is 284 g/mol. The predicted octanol–water partition coefficient (Wildman–Crippen LogP) is 3.38. The van der Waals surface area contributed by atoms with E-state index in [9.17, 15) is 0 Å². The fraction of sp³-hybridized carbons (Fsp3) is 0.316. The van der Waals surface area contributed by atoms with Gasteiger partial charge in [0.25, 0.3) is 0 Å². The highest BCUT2D eigenvalue weighted by Gasteiger charge is 2.16. The zero-order chi connectivity index (χ0) is 15.6. The summed E-state index contributed by atoms with van der Waals surface area (Å²) < 4.78 is 2.32. The van der Waals surface area contributed by atoms with Gasteiger partial charge in [0.05, 0.1) is 11.2 Å². The molecule has 1 aromatic heterocycles. The van der Waals surface area contributed by atoms with Crippen molar-refractivity contribution in [3.8, 4) is 11.4 Å². The average molecular weight is 306 g/mol. The van der Waals surface area contributed by atoms with Crippen LogP contribution in [-0.2, 0) is 6.54 Å². The lowest BCUT2D eigenvalue weighted by Gasteiger charge is -2.16.